The van der Waals surface area contributed by atoms with Crippen LogP contribution in [-0.4, -0.2) is 29.3 Å². The summed E-state index contributed by atoms with van der Waals surface area (Å²) in [5.74, 6) is 4.91. The molecule has 2 rings (SSSR count). The first-order chi connectivity index (χ1) is 8.61. The molecule has 1 aromatic heterocycles. The highest BCUT2D eigenvalue weighted by Crippen LogP contribution is 2.20. The fourth-order valence-corrected chi connectivity index (χ4v) is 2.20. The second-order valence-corrected chi connectivity index (χ2v) is 4.31. The summed E-state index contributed by atoms with van der Waals surface area (Å²) in [4.78, 5) is 24.4. The number of rotatable bonds is 4. The first-order valence-electron chi connectivity index (χ1n) is 5.73. The Kier molecular flexibility index (Phi) is 3.63. The van der Waals surface area contributed by atoms with Crippen molar-refractivity contribution in [2.45, 2.75) is 25.4 Å². The summed E-state index contributed by atoms with van der Waals surface area (Å²) in [5, 5.41) is 0. The molecule has 0 aromatic carbocycles. The van der Waals surface area contributed by atoms with Crippen molar-refractivity contribution in [3.63, 3.8) is 0 Å². The van der Waals surface area contributed by atoms with Gasteiger partial charge in [0.2, 0.25) is 5.91 Å². The monoisotopic (exact) mass is 252 g/mol. The number of carbonyl (C=O) groups is 2. The Morgan fingerprint density at radius 1 is 1.56 bits per heavy atom. The van der Waals surface area contributed by atoms with Crippen LogP contribution in [0.15, 0.2) is 16.7 Å². The molecule has 7 heteroatoms. The molecule has 5 N–H and O–H groups in total. The van der Waals surface area contributed by atoms with Crippen LogP contribution in [0.3, 0.4) is 0 Å². The van der Waals surface area contributed by atoms with Crippen molar-refractivity contribution in [2.75, 3.05) is 6.54 Å². The zero-order chi connectivity index (χ0) is 13.1. The highest BCUT2D eigenvalue weighted by molar-refractivity contribution is 5.93. The molecule has 7 nitrogen and oxygen atoms in total. The largest absolute Gasteiger partial charge is 0.467 e. The number of likely N-dealkylation sites (tertiary alicyclic amines) is 1. The number of hydrogen-bond acceptors (Lipinski definition) is 5. The van der Waals surface area contributed by atoms with Gasteiger partial charge in [0.15, 0.2) is 0 Å². The zero-order valence-electron chi connectivity index (χ0n) is 9.89. The smallest absolute Gasteiger partial charge is 0.268 e. The van der Waals surface area contributed by atoms with E-state index in [4.69, 9.17) is 16.0 Å². The highest BCUT2D eigenvalue weighted by Gasteiger charge is 2.29. The van der Waals surface area contributed by atoms with Crippen LogP contribution in [0.25, 0.3) is 0 Å². The van der Waals surface area contributed by atoms with E-state index in [1.165, 1.54) is 6.26 Å². The van der Waals surface area contributed by atoms with Crippen molar-refractivity contribution >= 4 is 11.8 Å². The van der Waals surface area contributed by atoms with Gasteiger partial charge in [-0.25, -0.2) is 5.84 Å². The van der Waals surface area contributed by atoms with Crippen LogP contribution in [0, 0.1) is 0 Å². The van der Waals surface area contributed by atoms with Gasteiger partial charge in [0, 0.05) is 0 Å². The molecule has 2 heterocycles. The number of furan rings is 1. The number of primary amides is 1. The average molecular weight is 252 g/mol. The molecule has 0 radical (unpaired) electrons. The molecule has 98 valence electrons. The maximum Gasteiger partial charge on any atom is 0.268 e. The topological polar surface area (TPSA) is 115 Å². The average Bonchev–Trinajstić information content (AvgIpc) is 2.97. The van der Waals surface area contributed by atoms with E-state index in [9.17, 15) is 9.59 Å². The maximum absolute atomic E-state index is 11.3. The van der Waals surface area contributed by atoms with Gasteiger partial charge >= 0.3 is 0 Å². The Bertz CT molecular complexity index is 457. The Hall–Kier alpha value is -1.86. The van der Waals surface area contributed by atoms with Gasteiger partial charge in [-0.15, -0.1) is 0 Å². The Labute approximate surface area is 104 Å². The molecule has 18 heavy (non-hydrogen) atoms. The summed E-state index contributed by atoms with van der Waals surface area (Å²) >= 11 is 0. The lowest BCUT2D eigenvalue weighted by Gasteiger charge is -2.20. The van der Waals surface area contributed by atoms with E-state index in [0.717, 1.165) is 19.4 Å². The van der Waals surface area contributed by atoms with Crippen LogP contribution in [0.5, 0.6) is 0 Å². The molecule has 2 amide bonds. The van der Waals surface area contributed by atoms with Crippen LogP contribution < -0.4 is 17.0 Å². The van der Waals surface area contributed by atoms with E-state index >= 15 is 0 Å². The third kappa shape index (κ3) is 2.52. The van der Waals surface area contributed by atoms with E-state index in [1.54, 1.807) is 6.07 Å². The molecule has 1 unspecified atom stereocenters. The molecule has 1 aliphatic heterocycles. The Balaban J connectivity index is 2.03. The quantitative estimate of drug-likeness (QED) is 0.373. The number of hydrazine groups is 1. The summed E-state index contributed by atoms with van der Waals surface area (Å²) in [6.07, 6.45) is 3.05. The van der Waals surface area contributed by atoms with Crippen LogP contribution in [0.2, 0.25) is 0 Å². The summed E-state index contributed by atoms with van der Waals surface area (Å²) < 4.78 is 5.27. The van der Waals surface area contributed by atoms with Crippen molar-refractivity contribution in [1.82, 2.24) is 10.3 Å². The van der Waals surface area contributed by atoms with Crippen LogP contribution in [-0.2, 0) is 11.3 Å². The van der Waals surface area contributed by atoms with E-state index in [-0.39, 0.29) is 11.9 Å². The predicted molar refractivity (Wildman–Crippen MR) is 63.0 cm³/mol. The fourth-order valence-electron chi connectivity index (χ4n) is 2.20. The van der Waals surface area contributed by atoms with Crippen molar-refractivity contribution in [1.29, 1.82) is 0 Å². The number of amides is 2. The van der Waals surface area contributed by atoms with Gasteiger partial charge in [0.25, 0.3) is 5.91 Å². The van der Waals surface area contributed by atoms with E-state index in [0.29, 0.717) is 17.9 Å². The van der Waals surface area contributed by atoms with Gasteiger partial charge in [-0.1, -0.05) is 0 Å². The lowest BCUT2D eigenvalue weighted by molar-refractivity contribution is -0.122. The lowest BCUT2D eigenvalue weighted by atomic mass is 10.2. The first-order valence-corrected chi connectivity index (χ1v) is 5.73. The minimum absolute atomic E-state index is 0.248. The van der Waals surface area contributed by atoms with Crippen molar-refractivity contribution in [3.8, 4) is 0 Å². The zero-order valence-corrected chi connectivity index (χ0v) is 9.89. The second kappa shape index (κ2) is 5.19. The van der Waals surface area contributed by atoms with E-state index in [2.05, 4.69) is 0 Å². The third-order valence-corrected chi connectivity index (χ3v) is 3.10. The van der Waals surface area contributed by atoms with Gasteiger partial charge in [-0.3, -0.25) is 19.9 Å². The lowest BCUT2D eigenvalue weighted by Crippen LogP contribution is -2.39. The van der Waals surface area contributed by atoms with Crippen molar-refractivity contribution in [2.24, 2.45) is 11.6 Å². The molecule has 0 saturated carbocycles. The molecule has 0 bridgehead atoms. The molecule has 1 saturated heterocycles. The number of nitrogens with two attached hydrogens (primary N) is 2. The third-order valence-electron chi connectivity index (χ3n) is 3.10. The van der Waals surface area contributed by atoms with Gasteiger partial charge < -0.3 is 10.2 Å². The number of hydrogen-bond donors (Lipinski definition) is 3. The van der Waals surface area contributed by atoms with Crippen LogP contribution >= 0.6 is 0 Å². The molecule has 0 aliphatic carbocycles. The van der Waals surface area contributed by atoms with Crippen LogP contribution in [0.1, 0.15) is 29.0 Å². The molecular weight excluding hydrogens is 236 g/mol. The SMILES string of the molecule is NNC(=O)c1coc(CN2CCCC2C(N)=O)c1. The molecule has 1 atom stereocenters. The number of nitrogens with one attached hydrogen (secondary N) is 1. The molecule has 1 aliphatic rings. The summed E-state index contributed by atoms with van der Waals surface area (Å²) in [6, 6.07) is 1.36. The first kappa shape index (κ1) is 12.6. The molecule has 0 spiro atoms. The predicted octanol–water partition coefficient (Wildman–Crippen LogP) is -0.667. The molecular formula is C11H16N4O3. The maximum atomic E-state index is 11.3. The highest BCUT2D eigenvalue weighted by atomic mass is 16.3. The molecule has 1 aromatic rings. The van der Waals surface area contributed by atoms with Gasteiger partial charge in [-0.05, 0) is 25.5 Å². The van der Waals surface area contributed by atoms with Crippen molar-refractivity contribution in [3.05, 3.63) is 23.7 Å². The van der Waals surface area contributed by atoms with Gasteiger partial charge in [-0.2, -0.15) is 0 Å². The minimum atomic E-state index is -0.405. The van der Waals surface area contributed by atoms with E-state index < -0.39 is 5.91 Å². The summed E-state index contributed by atoms with van der Waals surface area (Å²) in [6.45, 7) is 1.26. The van der Waals surface area contributed by atoms with Crippen molar-refractivity contribution < 1.29 is 14.0 Å². The van der Waals surface area contributed by atoms with Gasteiger partial charge in [0.05, 0.1) is 18.2 Å². The second-order valence-electron chi connectivity index (χ2n) is 4.31. The summed E-state index contributed by atoms with van der Waals surface area (Å²) in [7, 11) is 0. The number of nitrogens with zero attached hydrogens (tertiary/aromatic N) is 1. The Morgan fingerprint density at radius 3 is 3.00 bits per heavy atom. The fraction of sp³-hybridized carbons (Fsp3) is 0.455. The number of carbonyl (C=O) groups excluding carboxylic acids is 2. The Morgan fingerprint density at radius 2 is 2.33 bits per heavy atom. The number of nitrogen functional groups attached to an aromatic ring is 1. The minimum Gasteiger partial charge on any atom is -0.467 e. The van der Waals surface area contributed by atoms with Gasteiger partial charge in [0.1, 0.15) is 12.0 Å². The van der Waals surface area contributed by atoms with Crippen LogP contribution in [0.4, 0.5) is 0 Å². The standard InChI is InChI=1S/C11H16N4O3/c12-10(16)9-2-1-3-15(9)5-8-4-7(6-18-8)11(17)14-13/h4,6,9H,1-3,5,13H2,(H2,12,16)(H,14,17). The summed E-state index contributed by atoms with van der Waals surface area (Å²) in [5.41, 5.74) is 7.72. The normalized spacial score (nSPS) is 19.9. The van der Waals surface area contributed by atoms with E-state index in [1.807, 2.05) is 10.3 Å². The molecule has 1 fully saturated rings.